The number of carbonyl (C=O) groups excluding carboxylic acids is 2. The summed E-state index contributed by atoms with van der Waals surface area (Å²) in [4.78, 5) is 36.3. The first-order chi connectivity index (χ1) is 13.1. The largest absolute Gasteiger partial charge is 0.386 e. The molecule has 4 rings (SSSR count). The molecule has 1 saturated carbocycles. The quantitative estimate of drug-likeness (QED) is 0.852. The maximum absolute atomic E-state index is 12.5. The Bertz CT molecular complexity index is 732. The molecule has 8 nitrogen and oxygen atoms in total. The van der Waals surface area contributed by atoms with Gasteiger partial charge in [0.25, 0.3) is 5.91 Å². The summed E-state index contributed by atoms with van der Waals surface area (Å²) < 4.78 is 0. The highest BCUT2D eigenvalue weighted by atomic mass is 16.7. The van der Waals surface area contributed by atoms with Gasteiger partial charge in [-0.25, -0.2) is 4.79 Å². The molecule has 1 aliphatic carbocycles. The number of hydrogen-bond acceptors (Lipinski definition) is 5. The molecule has 0 radical (unpaired) electrons. The van der Waals surface area contributed by atoms with Gasteiger partial charge in [0.15, 0.2) is 5.60 Å². The molecule has 1 saturated heterocycles. The van der Waals surface area contributed by atoms with Gasteiger partial charge in [-0.2, -0.15) is 0 Å². The van der Waals surface area contributed by atoms with Crippen LogP contribution in [0.15, 0.2) is 29.7 Å². The van der Waals surface area contributed by atoms with E-state index in [-0.39, 0.29) is 18.0 Å². The molecular weight excluding hydrogens is 346 g/mol. The number of pyridine rings is 1. The SMILES string of the molecule is O=C(Nc1cccnc1)C1=NO[C@@]2(CCN(C(=O)NC3CCCCC3)C2)C1. The minimum absolute atomic E-state index is 0.0318. The fourth-order valence-corrected chi connectivity index (χ4v) is 4.03. The van der Waals surface area contributed by atoms with Crippen LogP contribution < -0.4 is 10.6 Å². The van der Waals surface area contributed by atoms with Crippen molar-refractivity contribution in [2.45, 2.75) is 56.6 Å². The summed E-state index contributed by atoms with van der Waals surface area (Å²) in [7, 11) is 0. The van der Waals surface area contributed by atoms with Crippen LogP contribution in [0.2, 0.25) is 0 Å². The standard InChI is InChI=1S/C19H25N5O3/c25-17(21-15-7-4-9-20-12-15)16-11-19(27-23-16)8-10-24(13-19)18(26)22-14-5-2-1-3-6-14/h4,7,9,12,14H,1-3,5-6,8,10-11,13H2,(H,21,25)(H,22,26)/t19-/m0/s1. The number of oxime groups is 1. The highest BCUT2D eigenvalue weighted by Crippen LogP contribution is 2.34. The molecule has 2 fully saturated rings. The summed E-state index contributed by atoms with van der Waals surface area (Å²) >= 11 is 0. The molecule has 3 aliphatic rings. The number of nitrogens with zero attached hydrogens (tertiary/aromatic N) is 3. The summed E-state index contributed by atoms with van der Waals surface area (Å²) in [6.07, 6.45) is 10.1. The first-order valence-corrected chi connectivity index (χ1v) is 9.65. The molecule has 27 heavy (non-hydrogen) atoms. The first-order valence-electron chi connectivity index (χ1n) is 9.65. The van der Waals surface area contributed by atoms with Gasteiger partial charge in [-0.1, -0.05) is 24.4 Å². The number of nitrogens with one attached hydrogen (secondary N) is 2. The molecule has 0 bridgehead atoms. The molecule has 1 spiro atoms. The summed E-state index contributed by atoms with van der Waals surface area (Å²) in [5.41, 5.74) is 0.394. The Morgan fingerprint density at radius 2 is 2.11 bits per heavy atom. The fraction of sp³-hybridized carbons (Fsp3) is 0.579. The molecule has 3 heterocycles. The zero-order valence-corrected chi connectivity index (χ0v) is 15.3. The maximum atomic E-state index is 12.5. The zero-order chi connectivity index (χ0) is 18.7. The predicted molar refractivity (Wildman–Crippen MR) is 100 cm³/mol. The molecule has 2 aliphatic heterocycles. The van der Waals surface area contributed by atoms with Crippen LogP contribution in [0.4, 0.5) is 10.5 Å². The topological polar surface area (TPSA) is 95.9 Å². The third kappa shape index (κ3) is 4.04. The van der Waals surface area contributed by atoms with E-state index in [0.717, 1.165) is 12.8 Å². The van der Waals surface area contributed by atoms with Crippen LogP contribution in [-0.2, 0) is 9.63 Å². The average Bonchev–Trinajstić information content (AvgIpc) is 3.31. The van der Waals surface area contributed by atoms with Gasteiger partial charge in [-0.3, -0.25) is 9.78 Å². The normalized spacial score (nSPS) is 25.2. The first kappa shape index (κ1) is 17.8. The van der Waals surface area contributed by atoms with E-state index in [1.165, 1.54) is 19.3 Å². The number of anilines is 1. The second-order valence-corrected chi connectivity index (χ2v) is 7.64. The van der Waals surface area contributed by atoms with Gasteiger partial charge in [-0.15, -0.1) is 0 Å². The van der Waals surface area contributed by atoms with Gasteiger partial charge in [0.2, 0.25) is 0 Å². The molecule has 0 unspecified atom stereocenters. The van der Waals surface area contributed by atoms with Crippen molar-refractivity contribution in [3.05, 3.63) is 24.5 Å². The van der Waals surface area contributed by atoms with Gasteiger partial charge in [-0.05, 0) is 25.0 Å². The number of amides is 3. The predicted octanol–water partition coefficient (Wildman–Crippen LogP) is 2.28. The lowest BCUT2D eigenvalue weighted by Crippen LogP contribution is -2.46. The van der Waals surface area contributed by atoms with Crippen LogP contribution in [0.3, 0.4) is 0 Å². The summed E-state index contributed by atoms with van der Waals surface area (Å²) in [6.45, 7) is 1.07. The number of carbonyl (C=O) groups is 2. The third-order valence-corrected chi connectivity index (χ3v) is 5.56. The molecule has 3 amide bonds. The van der Waals surface area contributed by atoms with Crippen LogP contribution in [0.25, 0.3) is 0 Å². The lowest BCUT2D eigenvalue weighted by Gasteiger charge is -2.27. The molecule has 0 aromatic carbocycles. The van der Waals surface area contributed by atoms with Gasteiger partial charge < -0.3 is 20.4 Å². The second kappa shape index (κ2) is 7.54. The lowest BCUT2D eigenvalue weighted by atomic mass is 9.95. The number of likely N-dealkylation sites (tertiary alicyclic amines) is 1. The molecular formula is C19H25N5O3. The maximum Gasteiger partial charge on any atom is 0.317 e. The van der Waals surface area contributed by atoms with Crippen LogP contribution in [0, 0.1) is 0 Å². The van der Waals surface area contributed by atoms with Crippen molar-refractivity contribution in [2.75, 3.05) is 18.4 Å². The van der Waals surface area contributed by atoms with Crippen molar-refractivity contribution in [1.82, 2.24) is 15.2 Å². The highest BCUT2D eigenvalue weighted by molar-refractivity contribution is 6.43. The van der Waals surface area contributed by atoms with E-state index in [9.17, 15) is 9.59 Å². The fourth-order valence-electron chi connectivity index (χ4n) is 4.03. The van der Waals surface area contributed by atoms with Gasteiger partial charge in [0.05, 0.1) is 18.4 Å². The van der Waals surface area contributed by atoms with Gasteiger partial charge >= 0.3 is 6.03 Å². The molecule has 1 aromatic heterocycles. The lowest BCUT2D eigenvalue weighted by molar-refractivity contribution is -0.110. The van der Waals surface area contributed by atoms with Crippen LogP contribution >= 0.6 is 0 Å². The highest BCUT2D eigenvalue weighted by Gasteiger charge is 2.48. The van der Waals surface area contributed by atoms with Crippen LogP contribution in [0.1, 0.15) is 44.9 Å². The summed E-state index contributed by atoms with van der Waals surface area (Å²) in [5.74, 6) is -0.287. The van der Waals surface area contributed by atoms with E-state index in [4.69, 9.17) is 4.84 Å². The monoisotopic (exact) mass is 371 g/mol. The molecule has 1 aromatic rings. The van der Waals surface area contributed by atoms with E-state index in [1.54, 1.807) is 29.4 Å². The van der Waals surface area contributed by atoms with Crippen molar-refractivity contribution in [1.29, 1.82) is 0 Å². The second-order valence-electron chi connectivity index (χ2n) is 7.64. The Hall–Kier alpha value is -2.64. The molecule has 144 valence electrons. The molecule has 8 heteroatoms. The average molecular weight is 371 g/mol. The van der Waals surface area contributed by atoms with Crippen molar-refractivity contribution < 1.29 is 14.4 Å². The van der Waals surface area contributed by atoms with Crippen molar-refractivity contribution in [2.24, 2.45) is 5.16 Å². The molecule has 2 N–H and O–H groups in total. The number of aromatic nitrogens is 1. The Labute approximate surface area is 158 Å². The Morgan fingerprint density at radius 3 is 2.89 bits per heavy atom. The number of hydrogen-bond donors (Lipinski definition) is 2. The zero-order valence-electron chi connectivity index (χ0n) is 15.3. The minimum Gasteiger partial charge on any atom is -0.386 e. The van der Waals surface area contributed by atoms with Gasteiger partial charge in [0.1, 0.15) is 5.71 Å². The Kier molecular flexibility index (Phi) is 4.96. The van der Waals surface area contributed by atoms with Gasteiger partial charge in [0, 0.05) is 31.6 Å². The summed E-state index contributed by atoms with van der Waals surface area (Å²) in [5, 5.41) is 9.92. The van der Waals surface area contributed by atoms with Crippen LogP contribution in [0.5, 0.6) is 0 Å². The van der Waals surface area contributed by atoms with E-state index in [2.05, 4.69) is 20.8 Å². The number of rotatable bonds is 3. The Balaban J connectivity index is 1.29. The smallest absolute Gasteiger partial charge is 0.317 e. The number of urea groups is 1. The van der Waals surface area contributed by atoms with E-state index < -0.39 is 5.60 Å². The van der Waals surface area contributed by atoms with E-state index in [0.29, 0.717) is 37.3 Å². The summed E-state index contributed by atoms with van der Waals surface area (Å²) in [6, 6.07) is 3.77. The molecule has 1 atom stereocenters. The van der Waals surface area contributed by atoms with Crippen molar-refractivity contribution in [3.8, 4) is 0 Å². The minimum atomic E-state index is -0.578. The van der Waals surface area contributed by atoms with Crippen molar-refractivity contribution >= 4 is 23.3 Å². The van der Waals surface area contributed by atoms with Crippen molar-refractivity contribution in [3.63, 3.8) is 0 Å². The van der Waals surface area contributed by atoms with E-state index in [1.807, 2.05) is 0 Å². The van der Waals surface area contributed by atoms with Crippen LogP contribution in [-0.4, -0.2) is 52.3 Å². The Morgan fingerprint density at radius 1 is 1.26 bits per heavy atom. The third-order valence-electron chi connectivity index (χ3n) is 5.56. The van der Waals surface area contributed by atoms with E-state index >= 15 is 0 Å².